The van der Waals surface area contributed by atoms with E-state index < -0.39 is 4.92 Å². The van der Waals surface area contributed by atoms with Crippen molar-refractivity contribution in [3.63, 3.8) is 0 Å². The molecule has 7 nitrogen and oxygen atoms in total. The summed E-state index contributed by atoms with van der Waals surface area (Å²) in [6, 6.07) is 13.3. The zero-order valence-corrected chi connectivity index (χ0v) is 15.1. The van der Waals surface area contributed by atoms with Crippen molar-refractivity contribution in [2.75, 3.05) is 26.8 Å². The molecular weight excluding hydrogens is 392 g/mol. The van der Waals surface area contributed by atoms with Crippen LogP contribution in [0.2, 0.25) is 0 Å². The molecule has 0 unspecified atom stereocenters. The maximum absolute atomic E-state index is 12.1. The molecule has 0 heterocycles. The Bertz CT molecular complexity index is 736. The van der Waals surface area contributed by atoms with E-state index in [9.17, 15) is 14.9 Å². The smallest absolute Gasteiger partial charge is 0.310 e. The van der Waals surface area contributed by atoms with Gasteiger partial charge in [0.15, 0.2) is 12.4 Å². The zero-order valence-electron chi connectivity index (χ0n) is 13.6. The third kappa shape index (κ3) is 5.75. The number of ether oxygens (including phenoxy) is 2. The Kier molecular flexibility index (Phi) is 6.76. The number of hydrogen-bond donors (Lipinski definition) is 0. The first kappa shape index (κ1) is 18.7. The number of halogens is 1. The number of nitro benzene ring substituents is 1. The highest BCUT2D eigenvalue weighted by atomic mass is 79.9. The average Bonchev–Trinajstić information content (AvgIpc) is 2.61. The molecule has 0 N–H and O–H groups in total. The summed E-state index contributed by atoms with van der Waals surface area (Å²) in [5, 5.41) is 10.9. The zero-order chi connectivity index (χ0) is 18.2. The molecule has 0 aromatic heterocycles. The fraction of sp³-hybridized carbons (Fsp3) is 0.235. The number of nitrogens with zero attached hydrogens (tertiary/aromatic N) is 2. The fourth-order valence-corrected chi connectivity index (χ4v) is 2.20. The molecule has 0 saturated carbocycles. The van der Waals surface area contributed by atoms with Crippen LogP contribution in [-0.4, -0.2) is 42.5 Å². The van der Waals surface area contributed by atoms with Gasteiger partial charge in [-0.2, -0.15) is 0 Å². The third-order valence-corrected chi connectivity index (χ3v) is 3.88. The van der Waals surface area contributed by atoms with Crippen LogP contribution in [0.25, 0.3) is 0 Å². The molecule has 8 heteroatoms. The summed E-state index contributed by atoms with van der Waals surface area (Å²) in [5.74, 6) is 0.484. The molecule has 0 saturated heterocycles. The highest BCUT2D eigenvalue weighted by Crippen LogP contribution is 2.25. The van der Waals surface area contributed by atoms with Gasteiger partial charge in [0, 0.05) is 17.6 Å². The number of benzene rings is 2. The van der Waals surface area contributed by atoms with Crippen molar-refractivity contribution in [1.29, 1.82) is 0 Å². The predicted octanol–water partition coefficient (Wildman–Crippen LogP) is 3.27. The molecule has 0 aliphatic heterocycles. The molecule has 0 radical (unpaired) electrons. The van der Waals surface area contributed by atoms with Gasteiger partial charge in [-0.3, -0.25) is 14.9 Å². The fourth-order valence-electron chi connectivity index (χ4n) is 1.94. The Labute approximate surface area is 153 Å². The maximum atomic E-state index is 12.1. The van der Waals surface area contributed by atoms with Crippen molar-refractivity contribution in [3.8, 4) is 11.5 Å². The first-order valence-corrected chi connectivity index (χ1v) is 8.25. The summed E-state index contributed by atoms with van der Waals surface area (Å²) in [6.07, 6.45) is 0. The molecule has 0 aliphatic rings. The van der Waals surface area contributed by atoms with Gasteiger partial charge in [-0.05, 0) is 30.3 Å². The monoisotopic (exact) mass is 408 g/mol. The standard InChI is InChI=1S/C17H17BrN2O5/c1-19(10-11-24-14-8-6-13(18)7-9-14)17(21)12-25-16-5-3-2-4-15(16)20(22)23/h2-9H,10-12H2,1H3. The van der Waals surface area contributed by atoms with Gasteiger partial charge >= 0.3 is 5.69 Å². The van der Waals surface area contributed by atoms with E-state index in [4.69, 9.17) is 9.47 Å². The number of amides is 1. The SMILES string of the molecule is CN(CCOc1ccc(Br)cc1)C(=O)COc1ccccc1[N+](=O)[O-]. The van der Waals surface area contributed by atoms with Crippen LogP contribution in [0.1, 0.15) is 0 Å². The van der Waals surface area contributed by atoms with Crippen molar-refractivity contribution < 1.29 is 19.2 Å². The van der Waals surface area contributed by atoms with Crippen molar-refractivity contribution in [2.24, 2.45) is 0 Å². The Balaban J connectivity index is 1.78. The summed E-state index contributed by atoms with van der Waals surface area (Å²) in [5.41, 5.74) is -0.170. The van der Waals surface area contributed by atoms with E-state index in [-0.39, 0.29) is 24.0 Å². The summed E-state index contributed by atoms with van der Waals surface area (Å²) in [4.78, 5) is 23.9. The molecule has 0 fully saturated rings. The number of carbonyl (C=O) groups is 1. The molecule has 2 aromatic carbocycles. The molecule has 2 rings (SSSR count). The molecule has 0 bridgehead atoms. The molecule has 25 heavy (non-hydrogen) atoms. The van der Waals surface area contributed by atoms with E-state index in [1.54, 1.807) is 19.2 Å². The number of para-hydroxylation sites is 2. The Morgan fingerprint density at radius 1 is 1.16 bits per heavy atom. The van der Waals surface area contributed by atoms with E-state index in [2.05, 4.69) is 15.9 Å². The number of likely N-dealkylation sites (N-methyl/N-ethyl adjacent to an activating group) is 1. The van der Waals surface area contributed by atoms with Gasteiger partial charge in [0.25, 0.3) is 5.91 Å². The van der Waals surface area contributed by atoms with E-state index in [0.29, 0.717) is 18.9 Å². The second-order valence-electron chi connectivity index (χ2n) is 5.13. The topological polar surface area (TPSA) is 81.9 Å². The normalized spacial score (nSPS) is 10.2. The molecule has 0 spiro atoms. The molecule has 0 atom stereocenters. The second kappa shape index (κ2) is 9.03. The maximum Gasteiger partial charge on any atom is 0.310 e. The van der Waals surface area contributed by atoms with Crippen LogP contribution < -0.4 is 9.47 Å². The molecule has 2 aromatic rings. The van der Waals surface area contributed by atoms with Crippen LogP contribution in [0.15, 0.2) is 53.0 Å². The highest BCUT2D eigenvalue weighted by molar-refractivity contribution is 9.10. The van der Waals surface area contributed by atoms with E-state index in [1.165, 1.54) is 17.0 Å². The van der Waals surface area contributed by atoms with E-state index in [0.717, 1.165) is 4.47 Å². The van der Waals surface area contributed by atoms with Gasteiger partial charge in [-0.1, -0.05) is 28.1 Å². The largest absolute Gasteiger partial charge is 0.492 e. The Morgan fingerprint density at radius 3 is 2.52 bits per heavy atom. The summed E-state index contributed by atoms with van der Waals surface area (Å²) >= 11 is 3.34. The summed E-state index contributed by atoms with van der Waals surface area (Å²) < 4.78 is 11.8. The number of hydrogen-bond acceptors (Lipinski definition) is 5. The number of nitro groups is 1. The van der Waals surface area contributed by atoms with E-state index in [1.807, 2.05) is 24.3 Å². The molecule has 132 valence electrons. The quantitative estimate of drug-likeness (QED) is 0.494. The lowest BCUT2D eigenvalue weighted by molar-refractivity contribution is -0.385. The molecule has 1 amide bonds. The van der Waals surface area contributed by atoms with Crippen molar-refractivity contribution >= 4 is 27.5 Å². The van der Waals surface area contributed by atoms with Gasteiger partial charge in [0.2, 0.25) is 0 Å². The van der Waals surface area contributed by atoms with Gasteiger partial charge in [0.1, 0.15) is 12.4 Å². The average molecular weight is 409 g/mol. The lowest BCUT2D eigenvalue weighted by Gasteiger charge is -2.17. The van der Waals surface area contributed by atoms with Crippen LogP contribution >= 0.6 is 15.9 Å². The van der Waals surface area contributed by atoms with Gasteiger partial charge in [0.05, 0.1) is 11.5 Å². The number of carbonyl (C=O) groups excluding carboxylic acids is 1. The lowest BCUT2D eigenvalue weighted by atomic mass is 10.3. The Morgan fingerprint density at radius 2 is 1.84 bits per heavy atom. The summed E-state index contributed by atoms with van der Waals surface area (Å²) in [7, 11) is 1.62. The minimum Gasteiger partial charge on any atom is -0.492 e. The van der Waals surface area contributed by atoms with Crippen molar-refractivity contribution in [3.05, 3.63) is 63.1 Å². The molecular formula is C17H17BrN2O5. The van der Waals surface area contributed by atoms with Crippen LogP contribution in [0.5, 0.6) is 11.5 Å². The van der Waals surface area contributed by atoms with Gasteiger partial charge in [-0.25, -0.2) is 0 Å². The molecule has 0 aliphatic carbocycles. The first-order valence-electron chi connectivity index (χ1n) is 7.46. The highest BCUT2D eigenvalue weighted by Gasteiger charge is 2.16. The van der Waals surface area contributed by atoms with Crippen molar-refractivity contribution in [2.45, 2.75) is 0 Å². The minimum absolute atomic E-state index is 0.0698. The van der Waals surface area contributed by atoms with E-state index >= 15 is 0 Å². The third-order valence-electron chi connectivity index (χ3n) is 3.35. The lowest BCUT2D eigenvalue weighted by Crippen LogP contribution is -2.34. The second-order valence-corrected chi connectivity index (χ2v) is 6.05. The summed E-state index contributed by atoms with van der Waals surface area (Å²) in [6.45, 7) is 0.421. The number of rotatable bonds is 8. The Hall–Kier alpha value is -2.61. The minimum atomic E-state index is -0.546. The first-order chi connectivity index (χ1) is 12.0. The van der Waals surface area contributed by atoms with Crippen molar-refractivity contribution in [1.82, 2.24) is 4.90 Å². The van der Waals surface area contributed by atoms with Crippen LogP contribution in [0.3, 0.4) is 0 Å². The van der Waals surface area contributed by atoms with Crippen LogP contribution in [0.4, 0.5) is 5.69 Å². The van der Waals surface area contributed by atoms with Crippen LogP contribution in [-0.2, 0) is 4.79 Å². The van der Waals surface area contributed by atoms with Gasteiger partial charge in [-0.15, -0.1) is 0 Å². The predicted molar refractivity (Wildman–Crippen MR) is 95.9 cm³/mol. The van der Waals surface area contributed by atoms with Crippen LogP contribution in [0, 0.1) is 10.1 Å². The van der Waals surface area contributed by atoms with Gasteiger partial charge < -0.3 is 14.4 Å².